The van der Waals surface area contributed by atoms with Crippen molar-refractivity contribution in [1.29, 1.82) is 0 Å². The molecule has 2 aromatic heterocycles. The highest BCUT2D eigenvalue weighted by molar-refractivity contribution is 7.93. The summed E-state index contributed by atoms with van der Waals surface area (Å²) in [5.41, 5.74) is 2.34. The molecule has 0 saturated heterocycles. The van der Waals surface area contributed by atoms with E-state index in [-0.39, 0.29) is 10.6 Å². The lowest BCUT2D eigenvalue weighted by Crippen LogP contribution is -2.15. The highest BCUT2D eigenvalue weighted by Gasteiger charge is 2.21. The second-order valence-corrected chi connectivity index (χ2v) is 8.96. The fourth-order valence-corrected chi connectivity index (χ4v) is 4.54. The number of benzene rings is 2. The Morgan fingerprint density at radius 3 is 2.59 bits per heavy atom. The molecule has 0 saturated carbocycles. The van der Waals surface area contributed by atoms with E-state index in [0.717, 1.165) is 5.56 Å². The van der Waals surface area contributed by atoms with E-state index in [1.54, 1.807) is 36.4 Å². The summed E-state index contributed by atoms with van der Waals surface area (Å²) in [5, 5.41) is 9.55. The molecule has 9 heteroatoms. The van der Waals surface area contributed by atoms with Crippen LogP contribution in [0.15, 0.2) is 71.9 Å². The first kappa shape index (κ1) is 22.8. The molecular formula is C25H19N3O5S. The molecule has 2 N–H and O–H groups in total. The third-order valence-corrected chi connectivity index (χ3v) is 6.34. The van der Waals surface area contributed by atoms with Crippen LogP contribution in [0.4, 0.5) is 5.69 Å². The molecule has 0 fully saturated rings. The fraction of sp³-hybridized carbons (Fsp3) is 0.0800. The minimum Gasteiger partial charge on any atom is -0.496 e. The van der Waals surface area contributed by atoms with Gasteiger partial charge in [0.1, 0.15) is 16.3 Å². The minimum absolute atomic E-state index is 0.0110. The zero-order valence-electron chi connectivity index (χ0n) is 18.2. The van der Waals surface area contributed by atoms with E-state index in [4.69, 9.17) is 9.84 Å². The molecule has 0 atom stereocenters. The summed E-state index contributed by atoms with van der Waals surface area (Å²) in [6.07, 6.45) is 2.87. The van der Waals surface area contributed by atoms with Crippen LogP contribution < -0.4 is 9.46 Å². The monoisotopic (exact) mass is 473 g/mol. The highest BCUT2D eigenvalue weighted by Crippen LogP contribution is 2.31. The number of carboxylic acid groups (broad SMARTS) is 1. The second-order valence-electron chi connectivity index (χ2n) is 7.31. The third-order valence-electron chi connectivity index (χ3n) is 4.95. The van der Waals surface area contributed by atoms with Crippen molar-refractivity contribution in [3.8, 4) is 17.6 Å². The van der Waals surface area contributed by atoms with E-state index >= 15 is 0 Å². The summed E-state index contributed by atoms with van der Waals surface area (Å²) in [6, 6.07) is 14.6. The molecule has 8 nitrogen and oxygen atoms in total. The summed E-state index contributed by atoms with van der Waals surface area (Å²) in [7, 11) is -2.50. The number of nitrogens with one attached hydrogen (secondary N) is 1. The van der Waals surface area contributed by atoms with Gasteiger partial charge in [-0.3, -0.25) is 9.71 Å². The van der Waals surface area contributed by atoms with E-state index in [1.807, 2.05) is 6.92 Å². The number of aromatic carboxylic acids is 1. The average molecular weight is 474 g/mol. The Kier molecular flexibility index (Phi) is 6.17. The van der Waals surface area contributed by atoms with Crippen LogP contribution in [0.3, 0.4) is 0 Å². The zero-order valence-corrected chi connectivity index (χ0v) is 19.1. The van der Waals surface area contributed by atoms with Crippen molar-refractivity contribution in [2.75, 3.05) is 11.8 Å². The summed E-state index contributed by atoms with van der Waals surface area (Å²) >= 11 is 0. The number of ether oxygens (including phenoxy) is 1. The van der Waals surface area contributed by atoms with E-state index in [1.165, 1.54) is 37.7 Å². The summed E-state index contributed by atoms with van der Waals surface area (Å²) < 4.78 is 34.6. The molecule has 0 radical (unpaired) electrons. The number of sulfonamides is 1. The number of pyridine rings is 2. The Balaban J connectivity index is 1.72. The highest BCUT2D eigenvalue weighted by atomic mass is 32.2. The predicted octanol–water partition coefficient (Wildman–Crippen LogP) is 3.85. The standard InChI is InChI=1S/C25H19N3O5S/c1-16-5-9-20(18(14-16)8-6-17-7-10-21(25(29)30)27-15-17)28-34(31,32)23-12-11-22(33-2)19-4-3-13-26-24(19)23/h3-5,7,9-15,28H,1-2H3,(H,29,30). The number of fused-ring (bicyclic) bond motifs is 1. The Morgan fingerprint density at radius 2 is 1.88 bits per heavy atom. The number of aromatic nitrogens is 2. The van der Waals surface area contributed by atoms with Crippen LogP contribution in [0.5, 0.6) is 5.75 Å². The van der Waals surface area contributed by atoms with E-state index in [2.05, 4.69) is 26.5 Å². The van der Waals surface area contributed by atoms with Gasteiger partial charge < -0.3 is 9.84 Å². The SMILES string of the molecule is COc1ccc(S(=O)(=O)Nc2ccc(C)cc2C#Cc2ccc(C(=O)O)nc2)c2ncccc12. The quantitative estimate of drug-likeness (QED) is 0.423. The zero-order chi connectivity index (χ0) is 24.3. The van der Waals surface area contributed by atoms with E-state index in [0.29, 0.717) is 33.5 Å². The smallest absolute Gasteiger partial charge is 0.354 e. The number of methoxy groups -OCH3 is 1. The van der Waals surface area contributed by atoms with Crippen LogP contribution in [0.25, 0.3) is 10.9 Å². The van der Waals surface area contributed by atoms with Crippen molar-refractivity contribution in [2.45, 2.75) is 11.8 Å². The molecule has 0 aliphatic carbocycles. The fourth-order valence-electron chi connectivity index (χ4n) is 3.30. The van der Waals surface area contributed by atoms with Gasteiger partial charge in [0.25, 0.3) is 10.0 Å². The number of hydrogen-bond donors (Lipinski definition) is 2. The van der Waals surface area contributed by atoms with Crippen LogP contribution in [0.1, 0.15) is 27.2 Å². The molecule has 34 heavy (non-hydrogen) atoms. The van der Waals surface area contributed by atoms with Gasteiger partial charge in [0.2, 0.25) is 0 Å². The number of rotatable bonds is 5. The minimum atomic E-state index is -4.01. The van der Waals surface area contributed by atoms with Crippen LogP contribution >= 0.6 is 0 Å². The van der Waals surface area contributed by atoms with Crippen LogP contribution in [0.2, 0.25) is 0 Å². The van der Waals surface area contributed by atoms with Crippen molar-refractivity contribution in [2.24, 2.45) is 0 Å². The van der Waals surface area contributed by atoms with Crippen molar-refractivity contribution < 1.29 is 23.1 Å². The van der Waals surface area contributed by atoms with Crippen LogP contribution in [-0.4, -0.2) is 36.6 Å². The number of carbonyl (C=O) groups is 1. The Labute approximate surface area is 196 Å². The van der Waals surface area contributed by atoms with Crippen molar-refractivity contribution in [1.82, 2.24) is 9.97 Å². The third kappa shape index (κ3) is 4.67. The maximum atomic E-state index is 13.3. The normalized spacial score (nSPS) is 10.9. The van der Waals surface area contributed by atoms with Crippen molar-refractivity contribution >= 4 is 32.6 Å². The second kappa shape index (κ2) is 9.21. The number of aryl methyl sites for hydroxylation is 1. The molecule has 0 unspecified atom stereocenters. The summed E-state index contributed by atoms with van der Waals surface area (Å²) in [5.74, 6) is 5.23. The van der Waals surface area contributed by atoms with Gasteiger partial charge in [0.15, 0.2) is 0 Å². The molecule has 4 aromatic rings. The lowest BCUT2D eigenvalue weighted by molar-refractivity contribution is 0.0690. The van der Waals surface area contributed by atoms with Gasteiger partial charge in [-0.15, -0.1) is 0 Å². The van der Waals surface area contributed by atoms with Gasteiger partial charge in [0.05, 0.1) is 18.3 Å². The molecule has 0 amide bonds. The molecule has 2 heterocycles. The van der Waals surface area contributed by atoms with Gasteiger partial charge in [0, 0.05) is 28.9 Å². The number of nitrogens with zero attached hydrogens (tertiary/aromatic N) is 2. The van der Waals surface area contributed by atoms with Gasteiger partial charge in [-0.05, 0) is 61.0 Å². The van der Waals surface area contributed by atoms with Crippen molar-refractivity contribution in [3.05, 3.63) is 89.4 Å². The number of carboxylic acids is 1. The largest absolute Gasteiger partial charge is 0.496 e. The lowest BCUT2D eigenvalue weighted by Gasteiger charge is -2.13. The molecule has 4 rings (SSSR count). The van der Waals surface area contributed by atoms with Gasteiger partial charge in [-0.2, -0.15) is 0 Å². The molecule has 0 bridgehead atoms. The van der Waals surface area contributed by atoms with Crippen molar-refractivity contribution in [3.63, 3.8) is 0 Å². The molecule has 2 aromatic carbocycles. The predicted molar refractivity (Wildman–Crippen MR) is 127 cm³/mol. The van der Waals surface area contributed by atoms with E-state index < -0.39 is 16.0 Å². The van der Waals surface area contributed by atoms with Gasteiger partial charge in [-0.25, -0.2) is 18.2 Å². The Bertz CT molecular complexity index is 1570. The molecular weight excluding hydrogens is 454 g/mol. The Morgan fingerprint density at radius 1 is 1.06 bits per heavy atom. The summed E-state index contributed by atoms with van der Waals surface area (Å²) in [4.78, 5) is 19.1. The Hall–Kier alpha value is -4.42. The first-order valence-electron chi connectivity index (χ1n) is 10.0. The van der Waals surface area contributed by atoms with E-state index in [9.17, 15) is 13.2 Å². The number of anilines is 1. The average Bonchev–Trinajstić information content (AvgIpc) is 2.83. The molecule has 0 aliphatic heterocycles. The summed E-state index contributed by atoms with van der Waals surface area (Å²) in [6.45, 7) is 1.87. The lowest BCUT2D eigenvalue weighted by atomic mass is 10.1. The van der Waals surface area contributed by atoms with Gasteiger partial charge >= 0.3 is 5.97 Å². The first-order chi connectivity index (χ1) is 16.3. The van der Waals surface area contributed by atoms with Crippen LogP contribution in [-0.2, 0) is 10.0 Å². The number of hydrogen-bond acceptors (Lipinski definition) is 6. The topological polar surface area (TPSA) is 118 Å². The molecule has 0 spiro atoms. The maximum absolute atomic E-state index is 13.3. The van der Waals surface area contributed by atoms with Crippen LogP contribution in [0, 0.1) is 18.8 Å². The first-order valence-corrected chi connectivity index (χ1v) is 11.5. The van der Waals surface area contributed by atoms with Gasteiger partial charge in [-0.1, -0.05) is 17.9 Å². The molecule has 170 valence electrons. The maximum Gasteiger partial charge on any atom is 0.354 e. The molecule has 0 aliphatic rings.